The first-order valence-corrected chi connectivity index (χ1v) is 7.01. The predicted octanol–water partition coefficient (Wildman–Crippen LogP) is 1.97. The molecule has 0 aliphatic heterocycles. The maximum atomic E-state index is 13.0. The van der Waals surface area contributed by atoms with Crippen molar-refractivity contribution < 1.29 is 12.8 Å². The Morgan fingerprint density at radius 1 is 1.41 bits per heavy atom. The molecule has 0 heterocycles. The van der Waals surface area contributed by atoms with E-state index in [-0.39, 0.29) is 11.4 Å². The molecule has 96 valence electrons. The predicted molar refractivity (Wildman–Crippen MR) is 67.9 cm³/mol. The molecule has 6 heteroatoms. The SMILES string of the molecule is CCCCS(=O)(=O)N(C)c1ccc(F)c(N)c1. The van der Waals surface area contributed by atoms with Crippen LogP contribution in [-0.4, -0.2) is 21.2 Å². The monoisotopic (exact) mass is 260 g/mol. The van der Waals surface area contributed by atoms with Crippen LogP contribution in [0.2, 0.25) is 0 Å². The van der Waals surface area contributed by atoms with E-state index in [9.17, 15) is 12.8 Å². The van der Waals surface area contributed by atoms with Crippen LogP contribution >= 0.6 is 0 Å². The average molecular weight is 260 g/mol. The molecular weight excluding hydrogens is 243 g/mol. The summed E-state index contributed by atoms with van der Waals surface area (Å²) in [6, 6.07) is 3.88. The summed E-state index contributed by atoms with van der Waals surface area (Å²) in [6.07, 6.45) is 1.40. The second kappa shape index (κ2) is 5.35. The second-order valence-electron chi connectivity index (χ2n) is 3.84. The molecule has 1 aromatic carbocycles. The number of unbranched alkanes of at least 4 members (excludes halogenated alkanes) is 1. The minimum atomic E-state index is -3.35. The van der Waals surface area contributed by atoms with E-state index in [1.165, 1.54) is 19.2 Å². The van der Waals surface area contributed by atoms with Crippen molar-refractivity contribution in [3.8, 4) is 0 Å². The lowest BCUT2D eigenvalue weighted by Gasteiger charge is -2.19. The Morgan fingerprint density at radius 3 is 2.59 bits per heavy atom. The fourth-order valence-electron chi connectivity index (χ4n) is 1.35. The Morgan fingerprint density at radius 2 is 2.06 bits per heavy atom. The van der Waals surface area contributed by atoms with Gasteiger partial charge in [0, 0.05) is 7.05 Å². The average Bonchev–Trinajstić information content (AvgIpc) is 2.29. The van der Waals surface area contributed by atoms with E-state index < -0.39 is 15.8 Å². The molecular formula is C11H17FN2O2S. The summed E-state index contributed by atoms with van der Waals surface area (Å²) in [6.45, 7) is 1.92. The number of sulfonamides is 1. The highest BCUT2D eigenvalue weighted by Gasteiger charge is 2.18. The molecule has 0 bridgehead atoms. The van der Waals surface area contributed by atoms with Gasteiger partial charge in [-0.3, -0.25) is 4.31 Å². The molecule has 0 saturated carbocycles. The first-order chi connectivity index (χ1) is 7.88. The van der Waals surface area contributed by atoms with Gasteiger partial charge in [-0.1, -0.05) is 13.3 Å². The Hall–Kier alpha value is -1.30. The van der Waals surface area contributed by atoms with Crippen molar-refractivity contribution in [3.05, 3.63) is 24.0 Å². The molecule has 0 unspecified atom stereocenters. The Bertz CT molecular complexity index is 488. The summed E-state index contributed by atoms with van der Waals surface area (Å²) in [4.78, 5) is 0. The summed E-state index contributed by atoms with van der Waals surface area (Å²) in [5, 5.41) is 0. The standard InChI is InChI=1S/C11H17FN2O2S/c1-3-4-7-17(15,16)14(2)9-5-6-10(12)11(13)8-9/h5-6,8H,3-4,7,13H2,1-2H3. The van der Waals surface area contributed by atoms with E-state index in [4.69, 9.17) is 5.73 Å². The largest absolute Gasteiger partial charge is 0.396 e. The number of benzene rings is 1. The van der Waals surface area contributed by atoms with E-state index in [0.29, 0.717) is 12.1 Å². The Kier molecular flexibility index (Phi) is 4.34. The van der Waals surface area contributed by atoms with Crippen LogP contribution in [-0.2, 0) is 10.0 Å². The van der Waals surface area contributed by atoms with Crippen molar-refractivity contribution >= 4 is 21.4 Å². The van der Waals surface area contributed by atoms with Crippen LogP contribution < -0.4 is 10.0 Å². The van der Waals surface area contributed by atoms with E-state index in [1.807, 2.05) is 6.92 Å². The van der Waals surface area contributed by atoms with Gasteiger partial charge in [0.2, 0.25) is 10.0 Å². The van der Waals surface area contributed by atoms with Crippen LogP contribution in [0.25, 0.3) is 0 Å². The first-order valence-electron chi connectivity index (χ1n) is 5.40. The lowest BCUT2D eigenvalue weighted by Crippen LogP contribution is -2.29. The fraction of sp³-hybridized carbons (Fsp3) is 0.455. The summed E-state index contributed by atoms with van der Waals surface area (Å²) >= 11 is 0. The molecule has 0 saturated heterocycles. The van der Waals surface area contributed by atoms with Gasteiger partial charge in [0.15, 0.2) is 0 Å². The van der Waals surface area contributed by atoms with Gasteiger partial charge in [0.05, 0.1) is 17.1 Å². The van der Waals surface area contributed by atoms with Crippen LogP contribution in [0.3, 0.4) is 0 Å². The smallest absolute Gasteiger partial charge is 0.234 e. The number of rotatable bonds is 5. The number of anilines is 2. The topological polar surface area (TPSA) is 63.4 Å². The van der Waals surface area contributed by atoms with E-state index >= 15 is 0 Å². The van der Waals surface area contributed by atoms with Gasteiger partial charge in [-0.2, -0.15) is 0 Å². The van der Waals surface area contributed by atoms with Gasteiger partial charge < -0.3 is 5.73 Å². The summed E-state index contributed by atoms with van der Waals surface area (Å²) in [5.74, 6) is -0.467. The molecule has 0 amide bonds. The Balaban J connectivity index is 2.95. The normalized spacial score (nSPS) is 11.5. The molecule has 17 heavy (non-hydrogen) atoms. The van der Waals surface area contributed by atoms with Crippen molar-refractivity contribution in [3.63, 3.8) is 0 Å². The fourth-order valence-corrected chi connectivity index (χ4v) is 2.71. The number of nitrogens with zero attached hydrogens (tertiary/aromatic N) is 1. The summed E-state index contributed by atoms with van der Waals surface area (Å²) < 4.78 is 37.9. The third-order valence-corrected chi connectivity index (χ3v) is 4.37. The maximum Gasteiger partial charge on any atom is 0.234 e. The molecule has 1 aromatic rings. The number of nitrogens with two attached hydrogens (primary N) is 1. The van der Waals surface area contributed by atoms with Gasteiger partial charge in [0.25, 0.3) is 0 Å². The molecule has 1 rings (SSSR count). The molecule has 0 aliphatic rings. The van der Waals surface area contributed by atoms with Gasteiger partial charge >= 0.3 is 0 Å². The summed E-state index contributed by atoms with van der Waals surface area (Å²) in [5.41, 5.74) is 5.72. The zero-order chi connectivity index (χ0) is 13.1. The Labute approximate surface area is 101 Å². The van der Waals surface area contributed by atoms with Gasteiger partial charge in [-0.25, -0.2) is 12.8 Å². The zero-order valence-corrected chi connectivity index (χ0v) is 10.8. The molecule has 0 fully saturated rings. The molecule has 0 aromatic heterocycles. The maximum absolute atomic E-state index is 13.0. The number of hydrogen-bond acceptors (Lipinski definition) is 3. The van der Waals surface area contributed by atoms with Crippen molar-refractivity contribution in [2.24, 2.45) is 0 Å². The number of halogens is 1. The van der Waals surface area contributed by atoms with E-state index in [1.54, 1.807) is 0 Å². The van der Waals surface area contributed by atoms with Crippen LogP contribution in [0.15, 0.2) is 18.2 Å². The number of nitrogen functional groups attached to an aromatic ring is 1. The third kappa shape index (κ3) is 3.33. The van der Waals surface area contributed by atoms with Crippen LogP contribution in [0.5, 0.6) is 0 Å². The van der Waals surface area contributed by atoms with Crippen molar-refractivity contribution in [1.29, 1.82) is 0 Å². The van der Waals surface area contributed by atoms with Crippen molar-refractivity contribution in [2.45, 2.75) is 19.8 Å². The third-order valence-electron chi connectivity index (χ3n) is 2.52. The highest BCUT2D eigenvalue weighted by Crippen LogP contribution is 2.22. The lowest BCUT2D eigenvalue weighted by atomic mass is 10.3. The van der Waals surface area contributed by atoms with Crippen LogP contribution in [0.1, 0.15) is 19.8 Å². The van der Waals surface area contributed by atoms with Gasteiger partial charge in [-0.05, 0) is 24.6 Å². The minimum absolute atomic E-state index is 0.0555. The molecule has 0 aliphatic carbocycles. The van der Waals surface area contributed by atoms with Gasteiger partial charge in [0.1, 0.15) is 5.82 Å². The highest BCUT2D eigenvalue weighted by molar-refractivity contribution is 7.92. The highest BCUT2D eigenvalue weighted by atomic mass is 32.2. The van der Waals surface area contributed by atoms with Crippen LogP contribution in [0, 0.1) is 5.82 Å². The number of hydrogen-bond donors (Lipinski definition) is 1. The van der Waals surface area contributed by atoms with Gasteiger partial charge in [-0.15, -0.1) is 0 Å². The van der Waals surface area contributed by atoms with Crippen LogP contribution in [0.4, 0.5) is 15.8 Å². The molecule has 0 radical (unpaired) electrons. The summed E-state index contributed by atoms with van der Waals surface area (Å²) in [7, 11) is -1.91. The molecule has 0 atom stereocenters. The molecule has 4 nitrogen and oxygen atoms in total. The molecule has 0 spiro atoms. The minimum Gasteiger partial charge on any atom is -0.396 e. The van der Waals surface area contributed by atoms with E-state index in [0.717, 1.165) is 16.8 Å². The zero-order valence-electron chi connectivity index (χ0n) is 9.98. The lowest BCUT2D eigenvalue weighted by molar-refractivity contribution is 0.590. The first kappa shape index (κ1) is 13.8. The second-order valence-corrected chi connectivity index (χ2v) is 5.96. The van der Waals surface area contributed by atoms with Crippen molar-refractivity contribution in [2.75, 3.05) is 22.8 Å². The van der Waals surface area contributed by atoms with E-state index in [2.05, 4.69) is 0 Å². The molecule has 2 N–H and O–H groups in total. The van der Waals surface area contributed by atoms with Crippen molar-refractivity contribution in [1.82, 2.24) is 0 Å². The quantitative estimate of drug-likeness (QED) is 0.823.